The molecule has 0 radical (unpaired) electrons. The quantitative estimate of drug-likeness (QED) is 0.811. The van der Waals surface area contributed by atoms with Crippen molar-refractivity contribution in [1.82, 2.24) is 0 Å². The summed E-state index contributed by atoms with van der Waals surface area (Å²) in [5, 5.41) is 0. The van der Waals surface area contributed by atoms with Crippen LogP contribution in [-0.2, 0) is 6.42 Å². The number of hydrogen-bond acceptors (Lipinski definition) is 2. The summed E-state index contributed by atoms with van der Waals surface area (Å²) < 4.78 is 14.1. The van der Waals surface area contributed by atoms with Gasteiger partial charge in [0.25, 0.3) is 0 Å². The van der Waals surface area contributed by atoms with E-state index in [1.54, 1.807) is 6.07 Å². The molecular weight excluding hydrogens is 295 g/mol. The molecule has 1 heterocycles. The minimum Gasteiger partial charge on any atom is -0.397 e. The number of benzene rings is 2. The van der Waals surface area contributed by atoms with E-state index < -0.39 is 0 Å². The second kappa shape index (κ2) is 4.28. The lowest BCUT2D eigenvalue weighted by Crippen LogP contribution is -2.15. The largest absolute Gasteiger partial charge is 0.397 e. The van der Waals surface area contributed by atoms with Gasteiger partial charge in [-0.05, 0) is 40.0 Å². The van der Waals surface area contributed by atoms with E-state index in [9.17, 15) is 4.39 Å². The van der Waals surface area contributed by atoms with E-state index in [1.807, 2.05) is 18.2 Å². The molecule has 1 aliphatic heterocycles. The second-order valence-electron chi connectivity index (χ2n) is 4.36. The van der Waals surface area contributed by atoms with Gasteiger partial charge >= 0.3 is 0 Å². The van der Waals surface area contributed by atoms with Crippen LogP contribution < -0.4 is 10.6 Å². The number of nitrogens with two attached hydrogens (primary N) is 1. The molecule has 0 unspecified atom stereocenters. The summed E-state index contributed by atoms with van der Waals surface area (Å²) in [6.45, 7) is 0.838. The molecular formula is C14H12BrFN2. The third-order valence-electron chi connectivity index (χ3n) is 3.25. The van der Waals surface area contributed by atoms with Gasteiger partial charge in [0.15, 0.2) is 0 Å². The SMILES string of the molecule is Nc1cc(Br)c(F)cc1N1CCc2ccccc21. The molecule has 2 nitrogen and oxygen atoms in total. The molecule has 4 heteroatoms. The van der Waals surface area contributed by atoms with Crippen LogP contribution in [0.2, 0.25) is 0 Å². The first-order valence-electron chi connectivity index (χ1n) is 5.77. The first kappa shape index (κ1) is 11.5. The summed E-state index contributed by atoms with van der Waals surface area (Å²) in [5.41, 5.74) is 9.70. The zero-order valence-corrected chi connectivity index (χ0v) is 11.2. The van der Waals surface area contributed by atoms with E-state index in [2.05, 4.69) is 26.9 Å². The van der Waals surface area contributed by atoms with Crippen LogP contribution in [0.3, 0.4) is 0 Å². The van der Waals surface area contributed by atoms with Crippen molar-refractivity contribution < 1.29 is 4.39 Å². The number of fused-ring (bicyclic) bond motifs is 1. The summed E-state index contributed by atoms with van der Waals surface area (Å²) in [6.07, 6.45) is 0.966. The highest BCUT2D eigenvalue weighted by atomic mass is 79.9. The summed E-state index contributed by atoms with van der Waals surface area (Å²) in [7, 11) is 0. The van der Waals surface area contributed by atoms with Crippen LogP contribution in [0.4, 0.5) is 21.5 Å². The fraction of sp³-hybridized carbons (Fsp3) is 0.143. The molecule has 0 saturated heterocycles. The predicted molar refractivity (Wildman–Crippen MR) is 75.7 cm³/mol. The van der Waals surface area contributed by atoms with Gasteiger partial charge in [0.2, 0.25) is 0 Å². The summed E-state index contributed by atoms with van der Waals surface area (Å²) in [5.74, 6) is -0.288. The molecule has 2 aromatic rings. The minimum atomic E-state index is -0.288. The molecule has 0 bridgehead atoms. The van der Waals surface area contributed by atoms with E-state index in [4.69, 9.17) is 5.73 Å². The average Bonchev–Trinajstić information content (AvgIpc) is 2.78. The van der Waals surface area contributed by atoms with E-state index in [-0.39, 0.29) is 5.82 Å². The average molecular weight is 307 g/mol. The van der Waals surface area contributed by atoms with Crippen molar-refractivity contribution in [2.24, 2.45) is 0 Å². The molecule has 3 rings (SSSR count). The molecule has 2 aromatic carbocycles. The lowest BCUT2D eigenvalue weighted by molar-refractivity contribution is 0.621. The van der Waals surface area contributed by atoms with Crippen LogP contribution >= 0.6 is 15.9 Å². The summed E-state index contributed by atoms with van der Waals surface area (Å²) in [4.78, 5) is 2.07. The Morgan fingerprint density at radius 1 is 1.17 bits per heavy atom. The Balaban J connectivity index is 2.10. The van der Waals surface area contributed by atoms with E-state index in [0.29, 0.717) is 10.2 Å². The number of rotatable bonds is 1. The normalized spacial score (nSPS) is 13.8. The number of anilines is 3. The zero-order valence-electron chi connectivity index (χ0n) is 9.66. The highest BCUT2D eigenvalue weighted by molar-refractivity contribution is 9.10. The molecule has 0 aromatic heterocycles. The van der Waals surface area contributed by atoms with Crippen LogP contribution in [0.15, 0.2) is 40.9 Å². The Hall–Kier alpha value is -1.55. The summed E-state index contributed by atoms with van der Waals surface area (Å²) >= 11 is 3.15. The number of para-hydroxylation sites is 1. The smallest absolute Gasteiger partial charge is 0.139 e. The molecule has 0 fully saturated rings. The third kappa shape index (κ3) is 1.77. The van der Waals surface area contributed by atoms with Gasteiger partial charge in [-0.25, -0.2) is 4.39 Å². The maximum atomic E-state index is 13.7. The van der Waals surface area contributed by atoms with Crippen LogP contribution in [0.1, 0.15) is 5.56 Å². The Morgan fingerprint density at radius 3 is 2.78 bits per heavy atom. The maximum Gasteiger partial charge on any atom is 0.139 e. The highest BCUT2D eigenvalue weighted by Crippen LogP contribution is 2.38. The Bertz CT molecular complexity index is 613. The predicted octanol–water partition coefficient (Wildman–Crippen LogP) is 3.86. The number of halogens is 2. The lowest BCUT2D eigenvalue weighted by atomic mass is 10.2. The third-order valence-corrected chi connectivity index (χ3v) is 3.86. The van der Waals surface area contributed by atoms with Crippen molar-refractivity contribution in [3.05, 3.63) is 52.3 Å². The number of hydrogen-bond donors (Lipinski definition) is 1. The van der Waals surface area contributed by atoms with Gasteiger partial charge in [-0.15, -0.1) is 0 Å². The first-order chi connectivity index (χ1) is 8.66. The molecule has 18 heavy (non-hydrogen) atoms. The molecule has 2 N–H and O–H groups in total. The number of nitrogens with zero attached hydrogens (tertiary/aromatic N) is 1. The van der Waals surface area contributed by atoms with Gasteiger partial charge in [-0.2, -0.15) is 0 Å². The minimum absolute atomic E-state index is 0.288. The molecule has 0 spiro atoms. The topological polar surface area (TPSA) is 29.3 Å². The van der Waals surface area contributed by atoms with Gasteiger partial charge in [0.1, 0.15) is 5.82 Å². The molecule has 0 saturated carbocycles. The Labute approximate surface area is 113 Å². The highest BCUT2D eigenvalue weighted by Gasteiger charge is 2.22. The van der Waals surface area contributed by atoms with Gasteiger partial charge in [0, 0.05) is 18.3 Å². The first-order valence-corrected chi connectivity index (χ1v) is 6.56. The molecule has 1 aliphatic rings. The van der Waals surface area contributed by atoms with Gasteiger partial charge in [-0.3, -0.25) is 0 Å². The van der Waals surface area contributed by atoms with E-state index in [0.717, 1.165) is 24.3 Å². The molecule has 0 aliphatic carbocycles. The lowest BCUT2D eigenvalue weighted by Gasteiger charge is -2.21. The molecule has 0 amide bonds. The van der Waals surface area contributed by atoms with Crippen molar-refractivity contribution in [3.63, 3.8) is 0 Å². The van der Waals surface area contributed by atoms with Crippen molar-refractivity contribution >= 4 is 33.0 Å². The maximum absolute atomic E-state index is 13.7. The summed E-state index contributed by atoms with van der Waals surface area (Å²) in [6, 6.07) is 11.3. The number of nitrogen functional groups attached to an aromatic ring is 1. The standard InChI is InChI=1S/C14H12BrFN2/c15-10-7-12(17)14(8-11(10)16)18-6-5-9-3-1-2-4-13(9)18/h1-4,7-8H,5-6,17H2. The van der Waals surface area contributed by atoms with Gasteiger partial charge < -0.3 is 10.6 Å². The van der Waals surface area contributed by atoms with Crippen LogP contribution in [-0.4, -0.2) is 6.54 Å². The van der Waals surface area contributed by atoms with Crippen molar-refractivity contribution in [2.45, 2.75) is 6.42 Å². The van der Waals surface area contributed by atoms with Gasteiger partial charge in [-0.1, -0.05) is 18.2 Å². The van der Waals surface area contributed by atoms with Crippen LogP contribution in [0.5, 0.6) is 0 Å². The fourth-order valence-electron chi connectivity index (χ4n) is 2.37. The zero-order chi connectivity index (χ0) is 12.7. The Morgan fingerprint density at radius 2 is 1.94 bits per heavy atom. The van der Waals surface area contributed by atoms with Crippen LogP contribution in [0, 0.1) is 5.82 Å². The van der Waals surface area contributed by atoms with Gasteiger partial charge in [0.05, 0.1) is 15.8 Å². The Kier molecular flexibility index (Phi) is 2.74. The van der Waals surface area contributed by atoms with Crippen LogP contribution in [0.25, 0.3) is 0 Å². The van der Waals surface area contributed by atoms with E-state index >= 15 is 0 Å². The van der Waals surface area contributed by atoms with E-state index in [1.165, 1.54) is 11.6 Å². The van der Waals surface area contributed by atoms with Crippen molar-refractivity contribution in [1.29, 1.82) is 0 Å². The molecule has 0 atom stereocenters. The monoisotopic (exact) mass is 306 g/mol. The second-order valence-corrected chi connectivity index (χ2v) is 5.21. The fourth-order valence-corrected chi connectivity index (χ4v) is 2.74. The van der Waals surface area contributed by atoms with Crippen molar-refractivity contribution in [3.8, 4) is 0 Å². The van der Waals surface area contributed by atoms with Crippen molar-refractivity contribution in [2.75, 3.05) is 17.2 Å². The molecule has 92 valence electrons.